The molecule has 0 amide bonds. The van der Waals surface area contributed by atoms with Crippen LogP contribution in [0.15, 0.2) is 12.2 Å². The predicted octanol–water partition coefficient (Wildman–Crippen LogP) is 6.81. The molecule has 2 atom stereocenters. The largest absolute Gasteiger partial charge is 0.407 e. The minimum absolute atomic E-state index is 0.126. The van der Waals surface area contributed by atoms with E-state index in [1.54, 1.807) is 0 Å². The normalized spacial score (nSPS) is 16.4. The van der Waals surface area contributed by atoms with E-state index in [0.29, 0.717) is 5.54 Å². The highest BCUT2D eigenvalue weighted by molar-refractivity contribution is 6.82. The highest BCUT2D eigenvalue weighted by atomic mass is 28.4. The number of rotatable bonds is 11. The van der Waals surface area contributed by atoms with Gasteiger partial charge >= 0.3 is 0 Å². The number of hydrogen-bond donors (Lipinski definition) is 0. The molecule has 0 bridgehead atoms. The van der Waals surface area contributed by atoms with Crippen LogP contribution in [-0.4, -0.2) is 28.8 Å². The lowest BCUT2D eigenvalue weighted by atomic mass is 10.2. The zero-order valence-corrected chi connectivity index (χ0v) is 19.7. The first-order valence-electron chi connectivity index (χ1n) is 9.84. The Kier molecular flexibility index (Phi) is 9.99. The summed E-state index contributed by atoms with van der Waals surface area (Å²) in [6.45, 7) is 20.4. The Morgan fingerprint density at radius 2 is 1.50 bits per heavy atom. The van der Waals surface area contributed by atoms with Gasteiger partial charge in [0.25, 0.3) is 0 Å². The second-order valence-electron chi connectivity index (χ2n) is 8.64. The van der Waals surface area contributed by atoms with Gasteiger partial charge < -0.3 is 9.22 Å². The molecule has 0 fully saturated rings. The highest BCUT2D eigenvalue weighted by Crippen LogP contribution is 2.42. The summed E-state index contributed by atoms with van der Waals surface area (Å²) in [5, 5.41) is 0.126. The van der Waals surface area contributed by atoms with E-state index < -0.39 is 16.4 Å². The monoisotopic (exact) mass is 370 g/mol. The third-order valence-electron chi connectivity index (χ3n) is 6.34. The van der Waals surface area contributed by atoms with Crippen LogP contribution in [0.3, 0.4) is 0 Å². The molecule has 142 valence electrons. The lowest BCUT2D eigenvalue weighted by Gasteiger charge is -2.44. The predicted molar refractivity (Wildman–Crippen MR) is 113 cm³/mol. The molecule has 0 N–H and O–H groups in total. The molecule has 0 rings (SSSR count). The molecule has 2 nitrogen and oxygen atoms in total. The highest BCUT2D eigenvalue weighted by Gasteiger charge is 2.45. The summed E-state index contributed by atoms with van der Waals surface area (Å²) in [4.78, 5) is 12.1. The van der Waals surface area contributed by atoms with Gasteiger partial charge in [0.05, 0.1) is 8.07 Å². The van der Waals surface area contributed by atoms with Crippen LogP contribution in [0.1, 0.15) is 61.3 Å². The number of hydrogen-bond acceptors (Lipinski definition) is 2. The lowest BCUT2D eigenvalue weighted by Crippen LogP contribution is -2.50. The molecule has 4 heteroatoms. The van der Waals surface area contributed by atoms with Crippen LogP contribution < -0.4 is 0 Å². The molecule has 0 aliphatic rings. The second kappa shape index (κ2) is 10.1. The Labute approximate surface area is 153 Å². The van der Waals surface area contributed by atoms with Crippen molar-refractivity contribution in [2.24, 2.45) is 0 Å². The van der Waals surface area contributed by atoms with Crippen molar-refractivity contribution < 1.29 is 9.22 Å². The molecule has 0 aliphatic heterocycles. The van der Waals surface area contributed by atoms with Crippen LogP contribution in [0.25, 0.3) is 0 Å². The van der Waals surface area contributed by atoms with Crippen LogP contribution in [0, 0.1) is 0 Å². The van der Waals surface area contributed by atoms with Gasteiger partial charge in [0.1, 0.15) is 12.4 Å². The van der Waals surface area contributed by atoms with Gasteiger partial charge in [-0.15, -0.1) is 0 Å². The molecule has 24 heavy (non-hydrogen) atoms. The standard InChI is InChI=1S/C20H42O2Si2/c1-10-14-15-16-19(24(11-2,12-3)13-4)18(17-21)22-23(8,9)20(5,6)7/h15-19H,10-14H2,1-9H3/b16-15+/t18-,19-/m0/s1. The number of allylic oxidation sites excluding steroid dienone is 1. The third-order valence-corrected chi connectivity index (χ3v) is 17.0. The number of carbonyl (C=O) groups excluding carboxylic acids is 1. The van der Waals surface area contributed by atoms with E-state index in [-0.39, 0.29) is 11.1 Å². The molecular formula is C20H42O2Si2. The molecule has 0 radical (unpaired) electrons. The number of carbonyl (C=O) groups is 1. The van der Waals surface area contributed by atoms with Crippen LogP contribution in [0.4, 0.5) is 0 Å². The maximum absolute atomic E-state index is 12.1. The summed E-state index contributed by atoms with van der Waals surface area (Å²) in [6, 6.07) is 3.64. The topological polar surface area (TPSA) is 26.3 Å². The Hall–Kier alpha value is -0.196. The lowest BCUT2D eigenvalue weighted by molar-refractivity contribution is -0.114. The van der Waals surface area contributed by atoms with Gasteiger partial charge in [0, 0.05) is 5.54 Å². The van der Waals surface area contributed by atoms with Gasteiger partial charge in [-0.2, -0.15) is 0 Å². The Bertz CT molecular complexity index is 385. The Balaban J connectivity index is 5.77. The van der Waals surface area contributed by atoms with Crippen molar-refractivity contribution in [2.45, 2.75) is 109 Å². The van der Waals surface area contributed by atoms with Crippen LogP contribution >= 0.6 is 0 Å². The maximum atomic E-state index is 12.1. The van der Waals surface area contributed by atoms with Crippen molar-refractivity contribution in [2.75, 3.05) is 0 Å². The fraction of sp³-hybridized carbons (Fsp3) is 0.850. The maximum Gasteiger partial charge on any atom is 0.193 e. The van der Waals surface area contributed by atoms with Crippen LogP contribution in [0.2, 0.25) is 41.8 Å². The SMILES string of the molecule is CCC/C=C/[C@@H]([C@H](C=O)O[Si](C)(C)C(C)(C)C)[Si](CC)(CC)CC. The molecule has 0 aliphatic carbocycles. The van der Waals surface area contributed by atoms with Gasteiger partial charge in [0.15, 0.2) is 8.32 Å². The zero-order valence-electron chi connectivity index (χ0n) is 17.7. The fourth-order valence-electron chi connectivity index (χ4n) is 3.23. The van der Waals surface area contributed by atoms with Crippen molar-refractivity contribution in [1.82, 2.24) is 0 Å². The van der Waals surface area contributed by atoms with Gasteiger partial charge in [-0.25, -0.2) is 0 Å². The van der Waals surface area contributed by atoms with E-state index in [2.05, 4.69) is 73.7 Å². The molecular weight excluding hydrogens is 328 g/mol. The van der Waals surface area contributed by atoms with Crippen LogP contribution in [0.5, 0.6) is 0 Å². The molecule has 0 unspecified atom stereocenters. The first-order valence-corrected chi connectivity index (χ1v) is 15.5. The average Bonchev–Trinajstić information content (AvgIpc) is 2.52. The summed E-state index contributed by atoms with van der Waals surface area (Å²) in [6.07, 6.45) is 7.70. The quantitative estimate of drug-likeness (QED) is 0.227. The molecule has 0 aromatic carbocycles. The van der Waals surface area contributed by atoms with E-state index in [9.17, 15) is 4.79 Å². The van der Waals surface area contributed by atoms with Gasteiger partial charge in [-0.3, -0.25) is 0 Å². The molecule has 0 heterocycles. The van der Waals surface area contributed by atoms with Crippen molar-refractivity contribution in [3.05, 3.63) is 12.2 Å². The zero-order chi connectivity index (χ0) is 19.0. The minimum Gasteiger partial charge on any atom is -0.407 e. The van der Waals surface area contributed by atoms with Gasteiger partial charge in [0.2, 0.25) is 0 Å². The Morgan fingerprint density at radius 3 is 1.83 bits per heavy atom. The molecule has 0 spiro atoms. The number of unbranched alkanes of at least 4 members (excludes halogenated alkanes) is 1. The second-order valence-corrected chi connectivity index (χ2v) is 18.9. The van der Waals surface area contributed by atoms with Gasteiger partial charge in [-0.1, -0.05) is 85.2 Å². The summed E-state index contributed by atoms with van der Waals surface area (Å²) < 4.78 is 6.61. The first-order chi connectivity index (χ1) is 11.0. The van der Waals surface area contributed by atoms with Crippen molar-refractivity contribution in [3.63, 3.8) is 0 Å². The van der Waals surface area contributed by atoms with Crippen molar-refractivity contribution >= 4 is 22.7 Å². The minimum atomic E-state index is -1.96. The summed E-state index contributed by atoms with van der Waals surface area (Å²) in [5.41, 5.74) is 0.302. The summed E-state index contributed by atoms with van der Waals surface area (Å²) >= 11 is 0. The molecule has 0 aromatic rings. The van der Waals surface area contributed by atoms with Crippen molar-refractivity contribution in [1.29, 1.82) is 0 Å². The fourth-order valence-corrected chi connectivity index (χ4v) is 8.91. The van der Waals surface area contributed by atoms with Crippen LogP contribution in [-0.2, 0) is 9.22 Å². The van der Waals surface area contributed by atoms with E-state index >= 15 is 0 Å². The third kappa shape index (κ3) is 5.96. The summed E-state index contributed by atoms with van der Waals surface area (Å²) in [7, 11) is -3.52. The van der Waals surface area contributed by atoms with E-state index in [4.69, 9.17) is 4.43 Å². The molecule has 0 saturated carbocycles. The summed E-state index contributed by atoms with van der Waals surface area (Å²) in [5.74, 6) is 0. The van der Waals surface area contributed by atoms with E-state index in [0.717, 1.165) is 19.1 Å². The first kappa shape index (κ1) is 23.8. The number of aldehydes is 1. The Morgan fingerprint density at radius 1 is 1.00 bits per heavy atom. The van der Waals surface area contributed by atoms with Crippen molar-refractivity contribution in [3.8, 4) is 0 Å². The van der Waals surface area contributed by atoms with E-state index in [1.807, 2.05) is 0 Å². The van der Waals surface area contributed by atoms with E-state index in [1.165, 1.54) is 18.1 Å². The van der Waals surface area contributed by atoms with Gasteiger partial charge in [-0.05, 0) is 24.6 Å². The smallest absolute Gasteiger partial charge is 0.193 e. The molecule has 0 saturated heterocycles. The molecule has 0 aromatic heterocycles. The average molecular weight is 371 g/mol.